The first-order chi connectivity index (χ1) is 10.3. The van der Waals surface area contributed by atoms with Crippen molar-refractivity contribution in [2.75, 3.05) is 23.3 Å². The molecule has 0 aliphatic carbocycles. The summed E-state index contributed by atoms with van der Waals surface area (Å²) in [6.45, 7) is 1.39. The number of para-hydroxylation sites is 2. The molecule has 1 aromatic carbocycles. The van der Waals surface area contributed by atoms with Crippen molar-refractivity contribution in [3.63, 3.8) is 0 Å². The molecule has 0 radical (unpaired) electrons. The molecule has 3 rings (SSSR count). The van der Waals surface area contributed by atoms with Gasteiger partial charge in [0.15, 0.2) is 0 Å². The molecule has 2 heterocycles. The number of carbonyl (C=O) groups is 1. The van der Waals surface area contributed by atoms with Gasteiger partial charge < -0.3 is 16.0 Å². The molecule has 1 aromatic heterocycles. The van der Waals surface area contributed by atoms with Crippen LogP contribution in [0.15, 0.2) is 35.7 Å². The van der Waals surface area contributed by atoms with Crippen LogP contribution >= 0.6 is 11.3 Å². The van der Waals surface area contributed by atoms with Crippen molar-refractivity contribution in [2.45, 2.75) is 6.54 Å². The molecule has 1 aliphatic heterocycles. The number of fused-ring (bicyclic) bond motifs is 1. The molecule has 0 saturated carbocycles. The van der Waals surface area contributed by atoms with E-state index in [1.54, 1.807) is 11.3 Å². The van der Waals surface area contributed by atoms with Gasteiger partial charge in [-0.15, -0.1) is 11.3 Å². The van der Waals surface area contributed by atoms with Gasteiger partial charge in [-0.3, -0.25) is 4.79 Å². The number of rotatable bonds is 2. The monoisotopic (exact) mass is 297 g/mol. The van der Waals surface area contributed by atoms with Crippen LogP contribution in [0.1, 0.15) is 10.4 Å². The lowest BCUT2D eigenvalue weighted by molar-refractivity contribution is -0.115. The summed E-state index contributed by atoms with van der Waals surface area (Å²) in [7, 11) is 0. The van der Waals surface area contributed by atoms with E-state index in [0.29, 0.717) is 19.6 Å². The minimum absolute atomic E-state index is 0.0137. The Labute approximate surface area is 127 Å². The summed E-state index contributed by atoms with van der Waals surface area (Å²) in [5.74, 6) is 5.98. The Hall–Kier alpha value is -2.29. The van der Waals surface area contributed by atoms with E-state index in [2.05, 4.69) is 22.1 Å². The van der Waals surface area contributed by atoms with Crippen LogP contribution in [0.2, 0.25) is 0 Å². The fraction of sp³-hybridized carbons (Fsp3) is 0.188. The second-order valence-corrected chi connectivity index (χ2v) is 5.69. The molecular formula is C16H15N3OS. The van der Waals surface area contributed by atoms with Crippen LogP contribution in [0.5, 0.6) is 0 Å². The number of nitrogens with one attached hydrogen (secondary N) is 1. The second kappa shape index (κ2) is 6.00. The highest BCUT2D eigenvalue weighted by atomic mass is 32.1. The number of hydrogen-bond acceptors (Lipinski definition) is 4. The summed E-state index contributed by atoms with van der Waals surface area (Å²) in [4.78, 5) is 15.1. The van der Waals surface area contributed by atoms with Gasteiger partial charge >= 0.3 is 0 Å². The van der Waals surface area contributed by atoms with Crippen LogP contribution in [0, 0.1) is 11.8 Å². The standard InChI is InChI=1S/C16H15N3OS/c17-8-3-4-12-7-9-21-15(12)10-19-11-16(20)18-13-5-1-2-6-14(13)19/h1-2,5-7,9H,8,10-11,17H2,(H,18,20). The highest BCUT2D eigenvalue weighted by Crippen LogP contribution is 2.31. The lowest BCUT2D eigenvalue weighted by Crippen LogP contribution is -2.37. The zero-order chi connectivity index (χ0) is 14.7. The average Bonchev–Trinajstić information content (AvgIpc) is 2.92. The van der Waals surface area contributed by atoms with Gasteiger partial charge in [-0.05, 0) is 23.6 Å². The molecule has 1 amide bonds. The van der Waals surface area contributed by atoms with Crippen LogP contribution in [0.3, 0.4) is 0 Å². The molecule has 5 heteroatoms. The number of thiophene rings is 1. The molecular weight excluding hydrogens is 282 g/mol. The van der Waals surface area contributed by atoms with Crippen molar-refractivity contribution < 1.29 is 4.79 Å². The largest absolute Gasteiger partial charge is 0.355 e. The molecule has 0 fully saturated rings. The van der Waals surface area contributed by atoms with E-state index in [1.165, 1.54) is 0 Å². The Kier molecular flexibility index (Phi) is 3.91. The third-order valence-electron chi connectivity index (χ3n) is 3.26. The van der Waals surface area contributed by atoms with E-state index in [9.17, 15) is 4.79 Å². The molecule has 106 valence electrons. The van der Waals surface area contributed by atoms with Gasteiger partial charge in [0.25, 0.3) is 0 Å². The van der Waals surface area contributed by atoms with Gasteiger partial charge in [-0.25, -0.2) is 0 Å². The number of amides is 1. The third kappa shape index (κ3) is 2.92. The van der Waals surface area contributed by atoms with Crippen molar-refractivity contribution >= 4 is 28.6 Å². The first-order valence-corrected chi connectivity index (χ1v) is 7.55. The summed E-state index contributed by atoms with van der Waals surface area (Å²) in [6, 6.07) is 9.84. The van der Waals surface area contributed by atoms with Gasteiger partial charge in [0, 0.05) is 10.4 Å². The minimum Gasteiger partial charge on any atom is -0.355 e. The molecule has 1 aliphatic rings. The predicted octanol–water partition coefficient (Wildman–Crippen LogP) is 2.02. The molecule has 0 spiro atoms. The Morgan fingerprint density at radius 2 is 2.19 bits per heavy atom. The summed E-state index contributed by atoms with van der Waals surface area (Å²) in [5.41, 5.74) is 8.33. The highest BCUT2D eigenvalue weighted by molar-refractivity contribution is 7.10. The van der Waals surface area contributed by atoms with Gasteiger partial charge in [-0.2, -0.15) is 0 Å². The maximum Gasteiger partial charge on any atom is 0.243 e. The number of hydrogen-bond donors (Lipinski definition) is 2. The summed E-state index contributed by atoms with van der Waals surface area (Å²) < 4.78 is 0. The van der Waals surface area contributed by atoms with E-state index in [1.807, 2.05) is 35.7 Å². The van der Waals surface area contributed by atoms with Crippen LogP contribution in [-0.4, -0.2) is 19.0 Å². The molecule has 0 atom stereocenters. The van der Waals surface area contributed by atoms with Gasteiger partial charge in [0.2, 0.25) is 5.91 Å². The van der Waals surface area contributed by atoms with E-state index >= 15 is 0 Å². The van der Waals surface area contributed by atoms with Crippen LogP contribution in [-0.2, 0) is 11.3 Å². The van der Waals surface area contributed by atoms with E-state index in [4.69, 9.17) is 5.73 Å². The van der Waals surface area contributed by atoms with Crippen molar-refractivity contribution in [3.8, 4) is 11.8 Å². The zero-order valence-corrected chi connectivity index (χ0v) is 12.2. The first-order valence-electron chi connectivity index (χ1n) is 6.67. The predicted molar refractivity (Wildman–Crippen MR) is 86.4 cm³/mol. The quantitative estimate of drug-likeness (QED) is 0.834. The van der Waals surface area contributed by atoms with Crippen molar-refractivity contribution in [1.29, 1.82) is 0 Å². The third-order valence-corrected chi connectivity index (χ3v) is 4.16. The molecule has 4 nitrogen and oxygen atoms in total. The smallest absolute Gasteiger partial charge is 0.243 e. The van der Waals surface area contributed by atoms with Crippen LogP contribution in [0.4, 0.5) is 11.4 Å². The van der Waals surface area contributed by atoms with Crippen LogP contribution < -0.4 is 16.0 Å². The number of anilines is 2. The second-order valence-electron chi connectivity index (χ2n) is 4.68. The molecule has 3 N–H and O–H groups in total. The van der Waals surface area contributed by atoms with Crippen molar-refractivity contribution in [3.05, 3.63) is 46.2 Å². The lowest BCUT2D eigenvalue weighted by atomic mass is 10.1. The number of nitrogens with zero attached hydrogens (tertiary/aromatic N) is 1. The summed E-state index contributed by atoms with van der Waals surface area (Å²) >= 11 is 1.65. The molecule has 0 unspecified atom stereocenters. The summed E-state index contributed by atoms with van der Waals surface area (Å²) in [5, 5.41) is 4.92. The Balaban J connectivity index is 1.89. The fourth-order valence-electron chi connectivity index (χ4n) is 2.34. The Morgan fingerprint density at radius 3 is 3.05 bits per heavy atom. The number of carbonyl (C=O) groups excluding carboxylic acids is 1. The molecule has 2 aromatic rings. The van der Waals surface area contributed by atoms with E-state index in [-0.39, 0.29) is 5.91 Å². The Morgan fingerprint density at radius 1 is 1.33 bits per heavy atom. The average molecular weight is 297 g/mol. The first kappa shape index (κ1) is 13.7. The summed E-state index contributed by atoms with van der Waals surface area (Å²) in [6.07, 6.45) is 0. The van der Waals surface area contributed by atoms with E-state index < -0.39 is 0 Å². The maximum absolute atomic E-state index is 11.8. The molecule has 21 heavy (non-hydrogen) atoms. The fourth-order valence-corrected chi connectivity index (χ4v) is 3.18. The number of benzene rings is 1. The Bertz CT molecular complexity index is 726. The maximum atomic E-state index is 11.8. The lowest BCUT2D eigenvalue weighted by Gasteiger charge is -2.30. The number of nitrogens with two attached hydrogens (primary N) is 1. The molecule has 0 bridgehead atoms. The molecule has 0 saturated heterocycles. The minimum atomic E-state index is 0.0137. The van der Waals surface area contributed by atoms with Crippen molar-refractivity contribution in [1.82, 2.24) is 0 Å². The van der Waals surface area contributed by atoms with Gasteiger partial charge in [0.05, 0.1) is 31.0 Å². The highest BCUT2D eigenvalue weighted by Gasteiger charge is 2.22. The van der Waals surface area contributed by atoms with Crippen molar-refractivity contribution in [2.24, 2.45) is 5.73 Å². The van der Waals surface area contributed by atoms with Gasteiger partial charge in [0.1, 0.15) is 0 Å². The topological polar surface area (TPSA) is 58.4 Å². The normalized spacial score (nSPS) is 13.2. The van der Waals surface area contributed by atoms with E-state index in [0.717, 1.165) is 21.8 Å². The SMILES string of the molecule is NCC#Cc1ccsc1CN1CC(=O)Nc2ccccc21. The van der Waals surface area contributed by atoms with Gasteiger partial charge in [-0.1, -0.05) is 24.0 Å². The zero-order valence-electron chi connectivity index (χ0n) is 11.4. The van der Waals surface area contributed by atoms with Crippen LogP contribution in [0.25, 0.3) is 0 Å².